The molecule has 2 heterocycles. The first-order valence-electron chi connectivity index (χ1n) is 8.23. The maximum atomic E-state index is 12.4. The monoisotopic (exact) mass is 344 g/mol. The van der Waals surface area contributed by atoms with Crippen molar-refractivity contribution in [2.45, 2.75) is 26.0 Å². The molecule has 0 bridgehead atoms. The van der Waals surface area contributed by atoms with Gasteiger partial charge in [0.15, 0.2) is 0 Å². The van der Waals surface area contributed by atoms with Gasteiger partial charge in [0.05, 0.1) is 23.8 Å². The van der Waals surface area contributed by atoms with Gasteiger partial charge in [-0.15, -0.1) is 0 Å². The van der Waals surface area contributed by atoms with Gasteiger partial charge in [-0.25, -0.2) is 0 Å². The van der Waals surface area contributed by atoms with Crippen molar-refractivity contribution in [2.75, 3.05) is 19.7 Å². The lowest BCUT2D eigenvalue weighted by Gasteiger charge is -2.32. The van der Waals surface area contributed by atoms with Crippen molar-refractivity contribution >= 4 is 11.6 Å². The molecule has 132 valence electrons. The van der Waals surface area contributed by atoms with E-state index in [0.29, 0.717) is 19.7 Å². The number of morpholine rings is 1. The van der Waals surface area contributed by atoms with E-state index in [-0.39, 0.29) is 24.2 Å². The molecule has 0 saturated carbocycles. The number of benzene rings is 1. The van der Waals surface area contributed by atoms with Gasteiger partial charge in [-0.3, -0.25) is 19.6 Å². The Morgan fingerprint density at radius 1 is 1.36 bits per heavy atom. The highest BCUT2D eigenvalue weighted by Gasteiger charge is 2.23. The minimum atomic E-state index is -0.433. The molecule has 1 saturated heterocycles. The maximum Gasteiger partial charge on any atom is 0.269 e. The van der Waals surface area contributed by atoms with Gasteiger partial charge in [-0.2, -0.15) is 5.10 Å². The fraction of sp³-hybridized carbons (Fsp3) is 0.412. The van der Waals surface area contributed by atoms with Gasteiger partial charge in [0, 0.05) is 37.0 Å². The Morgan fingerprint density at radius 2 is 2.12 bits per heavy atom. The summed E-state index contributed by atoms with van der Waals surface area (Å²) >= 11 is 0. The highest BCUT2D eigenvalue weighted by molar-refractivity contribution is 5.76. The fourth-order valence-corrected chi connectivity index (χ4v) is 2.81. The molecule has 0 N–H and O–H groups in total. The van der Waals surface area contributed by atoms with Gasteiger partial charge < -0.3 is 9.64 Å². The molecule has 8 nitrogen and oxygen atoms in total. The van der Waals surface area contributed by atoms with E-state index in [1.165, 1.54) is 12.1 Å². The number of nitrogens with zero attached hydrogens (tertiary/aromatic N) is 4. The molecule has 1 aliphatic rings. The number of ether oxygens (including phenoxy) is 1. The number of aromatic nitrogens is 2. The third-order valence-corrected chi connectivity index (χ3v) is 4.29. The van der Waals surface area contributed by atoms with Crippen molar-refractivity contribution in [1.82, 2.24) is 14.7 Å². The molecule has 0 unspecified atom stereocenters. The van der Waals surface area contributed by atoms with Crippen LogP contribution >= 0.6 is 0 Å². The average Bonchev–Trinajstić information content (AvgIpc) is 3.10. The van der Waals surface area contributed by atoms with E-state index >= 15 is 0 Å². The molecule has 2 aromatic rings. The van der Waals surface area contributed by atoms with Crippen molar-refractivity contribution in [3.63, 3.8) is 0 Å². The van der Waals surface area contributed by atoms with E-state index in [1.54, 1.807) is 29.2 Å². The molecule has 3 rings (SSSR count). The molecule has 1 atom stereocenters. The molecule has 1 aromatic heterocycles. The molecular formula is C17H20N4O4. The number of rotatable bonds is 5. The van der Waals surface area contributed by atoms with Crippen LogP contribution in [0.5, 0.6) is 0 Å². The quantitative estimate of drug-likeness (QED) is 0.612. The normalized spacial score (nSPS) is 17.5. The van der Waals surface area contributed by atoms with Crippen LogP contribution in [0.4, 0.5) is 5.69 Å². The Bertz CT molecular complexity index is 756. The summed E-state index contributed by atoms with van der Waals surface area (Å²) in [4.78, 5) is 24.5. The summed E-state index contributed by atoms with van der Waals surface area (Å²) in [6.45, 7) is 4.00. The summed E-state index contributed by atoms with van der Waals surface area (Å²) in [5, 5.41) is 14.9. The van der Waals surface area contributed by atoms with Gasteiger partial charge in [-0.05, 0) is 24.1 Å². The zero-order valence-electron chi connectivity index (χ0n) is 14.0. The number of carbonyl (C=O) groups excluding carboxylic acids is 1. The SMILES string of the molecule is CC[C@@H]1CN(C(=O)Cn2cc(-c3ccc([N+](=O)[O-])cc3)cn2)CCO1. The smallest absolute Gasteiger partial charge is 0.269 e. The lowest BCUT2D eigenvalue weighted by atomic mass is 10.1. The number of nitro groups is 1. The van der Waals surface area contributed by atoms with E-state index in [4.69, 9.17) is 4.74 Å². The van der Waals surface area contributed by atoms with Crippen LogP contribution in [0.3, 0.4) is 0 Å². The first kappa shape index (κ1) is 17.1. The van der Waals surface area contributed by atoms with Gasteiger partial charge in [0.25, 0.3) is 5.69 Å². The third kappa shape index (κ3) is 4.03. The molecule has 0 spiro atoms. The summed E-state index contributed by atoms with van der Waals surface area (Å²) in [6.07, 6.45) is 4.42. The molecule has 1 fully saturated rings. The molecule has 0 radical (unpaired) electrons. The van der Waals surface area contributed by atoms with Crippen LogP contribution < -0.4 is 0 Å². The number of hydrogen-bond acceptors (Lipinski definition) is 5. The summed E-state index contributed by atoms with van der Waals surface area (Å²) < 4.78 is 7.17. The first-order valence-corrected chi connectivity index (χ1v) is 8.23. The van der Waals surface area contributed by atoms with Gasteiger partial charge in [0.1, 0.15) is 6.54 Å². The Balaban J connectivity index is 1.65. The first-order chi connectivity index (χ1) is 12.1. The zero-order chi connectivity index (χ0) is 17.8. The second kappa shape index (κ2) is 7.43. The summed E-state index contributed by atoms with van der Waals surface area (Å²) in [5.74, 6) is 0.0140. The van der Waals surface area contributed by atoms with Gasteiger partial charge >= 0.3 is 0 Å². The molecule has 8 heteroatoms. The molecule has 1 aromatic carbocycles. The average molecular weight is 344 g/mol. The van der Waals surface area contributed by atoms with Crippen molar-refractivity contribution in [2.24, 2.45) is 0 Å². The van der Waals surface area contributed by atoms with Crippen LogP contribution in [0.25, 0.3) is 11.1 Å². The second-order valence-electron chi connectivity index (χ2n) is 5.97. The lowest BCUT2D eigenvalue weighted by molar-refractivity contribution is -0.384. The Kier molecular flexibility index (Phi) is 5.08. The van der Waals surface area contributed by atoms with E-state index in [9.17, 15) is 14.9 Å². The maximum absolute atomic E-state index is 12.4. The van der Waals surface area contributed by atoms with E-state index in [1.807, 2.05) is 11.8 Å². The predicted octanol–water partition coefficient (Wildman–Crippen LogP) is 2.10. The van der Waals surface area contributed by atoms with Crippen molar-refractivity contribution in [3.05, 3.63) is 46.8 Å². The summed E-state index contributed by atoms with van der Waals surface area (Å²) in [6, 6.07) is 6.26. The number of amides is 1. The standard InChI is InChI=1S/C17H20N4O4/c1-2-16-11-19(7-8-25-16)17(22)12-20-10-14(9-18-20)13-3-5-15(6-4-13)21(23)24/h3-6,9-10,16H,2,7-8,11-12H2,1H3/t16-/m1/s1. The van der Waals surface area contributed by atoms with Crippen LogP contribution in [0.15, 0.2) is 36.7 Å². The van der Waals surface area contributed by atoms with Crippen LogP contribution in [-0.2, 0) is 16.1 Å². The largest absolute Gasteiger partial charge is 0.375 e. The molecule has 1 amide bonds. The zero-order valence-corrected chi connectivity index (χ0v) is 14.0. The van der Waals surface area contributed by atoms with E-state index < -0.39 is 4.92 Å². The Labute approximate surface area is 145 Å². The van der Waals surface area contributed by atoms with Gasteiger partial charge in [-0.1, -0.05) is 6.92 Å². The van der Waals surface area contributed by atoms with Crippen molar-refractivity contribution in [3.8, 4) is 11.1 Å². The van der Waals surface area contributed by atoms with Crippen LogP contribution in [0.1, 0.15) is 13.3 Å². The topological polar surface area (TPSA) is 90.5 Å². The number of hydrogen-bond donors (Lipinski definition) is 0. The highest BCUT2D eigenvalue weighted by Crippen LogP contribution is 2.22. The minimum absolute atomic E-state index is 0.0140. The predicted molar refractivity (Wildman–Crippen MR) is 90.9 cm³/mol. The van der Waals surface area contributed by atoms with Gasteiger partial charge in [0.2, 0.25) is 5.91 Å². The Morgan fingerprint density at radius 3 is 2.80 bits per heavy atom. The summed E-state index contributed by atoms with van der Waals surface area (Å²) in [5.41, 5.74) is 1.68. The van der Waals surface area contributed by atoms with Crippen LogP contribution in [0.2, 0.25) is 0 Å². The second-order valence-corrected chi connectivity index (χ2v) is 5.97. The minimum Gasteiger partial charge on any atom is -0.375 e. The Hall–Kier alpha value is -2.74. The summed E-state index contributed by atoms with van der Waals surface area (Å²) in [7, 11) is 0. The molecule has 0 aliphatic carbocycles. The number of non-ortho nitro benzene ring substituents is 1. The van der Waals surface area contributed by atoms with Crippen LogP contribution in [0, 0.1) is 10.1 Å². The number of carbonyl (C=O) groups is 1. The lowest BCUT2D eigenvalue weighted by Crippen LogP contribution is -2.46. The van der Waals surface area contributed by atoms with E-state index in [2.05, 4.69) is 5.10 Å². The van der Waals surface area contributed by atoms with E-state index in [0.717, 1.165) is 17.5 Å². The van der Waals surface area contributed by atoms with Crippen LogP contribution in [-0.4, -0.2) is 51.3 Å². The molecule has 25 heavy (non-hydrogen) atoms. The van der Waals surface area contributed by atoms with Crippen molar-refractivity contribution in [1.29, 1.82) is 0 Å². The number of nitro benzene ring substituents is 1. The molecular weight excluding hydrogens is 324 g/mol. The molecule has 1 aliphatic heterocycles. The van der Waals surface area contributed by atoms with Crippen molar-refractivity contribution < 1.29 is 14.5 Å². The fourth-order valence-electron chi connectivity index (χ4n) is 2.81. The third-order valence-electron chi connectivity index (χ3n) is 4.29. The highest BCUT2D eigenvalue weighted by atomic mass is 16.6.